The molecule has 1 N–H and O–H groups in total. The summed E-state index contributed by atoms with van der Waals surface area (Å²) in [4.78, 5) is 0. The van der Waals surface area contributed by atoms with Gasteiger partial charge in [-0.05, 0) is 37.8 Å². The molecule has 1 aliphatic heterocycles. The second-order valence-electron chi connectivity index (χ2n) is 6.10. The number of hydrogen-bond acceptors (Lipinski definition) is 2. The Balaban J connectivity index is 0.000000546. The molecule has 2 aliphatic rings. The van der Waals surface area contributed by atoms with Crippen molar-refractivity contribution in [3.63, 3.8) is 0 Å². The van der Waals surface area contributed by atoms with Gasteiger partial charge in [0.2, 0.25) is 0 Å². The van der Waals surface area contributed by atoms with Crippen LogP contribution in [-0.4, -0.2) is 25.8 Å². The Morgan fingerprint density at radius 1 is 1.24 bits per heavy atom. The monoisotopic (exact) mass is 295 g/mol. The number of piperidine rings is 1. The van der Waals surface area contributed by atoms with Crippen molar-refractivity contribution >= 4 is 0 Å². The first-order valence-electron chi connectivity index (χ1n) is 8.96. The summed E-state index contributed by atoms with van der Waals surface area (Å²) in [6, 6.07) is 0.512. The molecule has 0 radical (unpaired) electrons. The molecule has 1 fully saturated rings. The second kappa shape index (κ2) is 12.0. The van der Waals surface area contributed by atoms with Crippen molar-refractivity contribution in [2.75, 3.05) is 13.7 Å². The molecule has 124 valence electrons. The zero-order valence-electron chi connectivity index (χ0n) is 14.4. The van der Waals surface area contributed by atoms with Gasteiger partial charge >= 0.3 is 0 Å². The minimum Gasteiger partial charge on any atom is -0.375 e. The van der Waals surface area contributed by atoms with E-state index in [1.165, 1.54) is 63.4 Å². The lowest BCUT2D eigenvalue weighted by Crippen LogP contribution is -2.44. The normalized spacial score (nSPS) is 23.0. The van der Waals surface area contributed by atoms with Crippen molar-refractivity contribution in [2.45, 2.75) is 83.8 Å². The maximum Gasteiger partial charge on any atom is 0.0970 e. The number of methoxy groups -OCH3 is 1. The highest BCUT2D eigenvalue weighted by molar-refractivity contribution is 5.28. The molecule has 2 heteroatoms. The maximum atomic E-state index is 5.65. The predicted molar refractivity (Wildman–Crippen MR) is 94.8 cm³/mol. The summed E-state index contributed by atoms with van der Waals surface area (Å²) in [5, 5.41) is 3.57. The van der Waals surface area contributed by atoms with Gasteiger partial charge in [0.05, 0.1) is 6.10 Å². The first kappa shape index (κ1) is 18.4. The molecule has 0 aromatic carbocycles. The van der Waals surface area contributed by atoms with Crippen molar-refractivity contribution in [3.8, 4) is 0 Å². The molecule has 0 bridgehead atoms. The van der Waals surface area contributed by atoms with Crippen LogP contribution in [-0.2, 0) is 4.74 Å². The maximum absolute atomic E-state index is 5.65. The molecule has 0 aromatic heterocycles. The average Bonchev–Trinajstić information content (AvgIpc) is 2.56. The number of nitrogens with one attached hydrogen (secondary N) is 1. The van der Waals surface area contributed by atoms with Gasteiger partial charge in [-0.15, -0.1) is 0 Å². The summed E-state index contributed by atoms with van der Waals surface area (Å²) in [7, 11) is 1.82. The Morgan fingerprint density at radius 2 is 2.00 bits per heavy atom. The Kier molecular flexibility index (Phi) is 10.5. The Hall–Kier alpha value is -0.600. The topological polar surface area (TPSA) is 21.3 Å². The zero-order valence-corrected chi connectivity index (χ0v) is 14.4. The molecule has 21 heavy (non-hydrogen) atoms. The Bertz CT molecular complexity index is 305. The summed E-state index contributed by atoms with van der Waals surface area (Å²) in [6.07, 6.45) is 18.8. The van der Waals surface area contributed by atoms with E-state index in [2.05, 4.69) is 37.4 Å². The van der Waals surface area contributed by atoms with Gasteiger partial charge in [-0.25, -0.2) is 0 Å². The summed E-state index contributed by atoms with van der Waals surface area (Å²) >= 11 is 0. The molecule has 0 aromatic rings. The average molecular weight is 296 g/mol. The van der Waals surface area contributed by atoms with Crippen molar-refractivity contribution < 1.29 is 6.16 Å². The van der Waals surface area contributed by atoms with Crippen molar-refractivity contribution in [1.29, 1.82) is 0 Å². The minimum absolute atomic E-state index is 0. The lowest BCUT2D eigenvalue weighted by Gasteiger charge is -2.31. The van der Waals surface area contributed by atoms with Crippen molar-refractivity contribution in [3.05, 3.63) is 23.8 Å². The van der Waals surface area contributed by atoms with E-state index in [0.29, 0.717) is 6.04 Å². The number of rotatable bonds is 6. The SMILES string of the molecule is CCCCCC.COC(C1=CCCC=C1)C1CCCCN1.[HH]. The summed E-state index contributed by atoms with van der Waals surface area (Å²) < 4.78 is 5.65. The fraction of sp³-hybridized carbons (Fsp3) is 0.789. The largest absolute Gasteiger partial charge is 0.375 e. The molecule has 2 atom stereocenters. The molecule has 1 heterocycles. The second-order valence-corrected chi connectivity index (χ2v) is 6.10. The van der Waals surface area contributed by atoms with Gasteiger partial charge in [0.25, 0.3) is 0 Å². The van der Waals surface area contributed by atoms with Gasteiger partial charge in [0.1, 0.15) is 0 Å². The van der Waals surface area contributed by atoms with E-state index in [4.69, 9.17) is 4.74 Å². The van der Waals surface area contributed by atoms with E-state index in [1.54, 1.807) is 0 Å². The van der Waals surface area contributed by atoms with E-state index in [9.17, 15) is 0 Å². The van der Waals surface area contributed by atoms with Crippen LogP contribution < -0.4 is 5.32 Å². The number of allylic oxidation sites excluding steroid dienone is 2. The van der Waals surface area contributed by atoms with Crippen LogP contribution in [0.2, 0.25) is 0 Å². The van der Waals surface area contributed by atoms with Crippen LogP contribution in [0.5, 0.6) is 0 Å². The van der Waals surface area contributed by atoms with Crippen LogP contribution in [0.4, 0.5) is 0 Å². The van der Waals surface area contributed by atoms with Crippen LogP contribution in [0.3, 0.4) is 0 Å². The van der Waals surface area contributed by atoms with Crippen LogP contribution in [0.25, 0.3) is 0 Å². The lowest BCUT2D eigenvalue weighted by atomic mass is 9.92. The number of unbranched alkanes of at least 4 members (excludes halogenated alkanes) is 3. The molecular formula is C19H37NO. The van der Waals surface area contributed by atoms with Gasteiger partial charge < -0.3 is 10.1 Å². The summed E-state index contributed by atoms with van der Waals surface area (Å²) in [5.41, 5.74) is 1.36. The van der Waals surface area contributed by atoms with E-state index in [1.807, 2.05) is 7.11 Å². The molecule has 2 unspecified atom stereocenters. The van der Waals surface area contributed by atoms with E-state index < -0.39 is 0 Å². The third kappa shape index (κ3) is 7.28. The quantitative estimate of drug-likeness (QED) is 0.675. The van der Waals surface area contributed by atoms with Gasteiger partial charge in [-0.2, -0.15) is 0 Å². The van der Waals surface area contributed by atoms with E-state index >= 15 is 0 Å². The van der Waals surface area contributed by atoms with Crippen LogP contribution in [0.15, 0.2) is 23.8 Å². The van der Waals surface area contributed by atoms with Crippen molar-refractivity contribution in [2.24, 2.45) is 0 Å². The molecule has 1 saturated heterocycles. The van der Waals surface area contributed by atoms with Crippen LogP contribution >= 0.6 is 0 Å². The number of hydrogen-bond donors (Lipinski definition) is 1. The first-order valence-corrected chi connectivity index (χ1v) is 8.96. The predicted octanol–water partition coefficient (Wildman–Crippen LogP) is 5.25. The third-order valence-corrected chi connectivity index (χ3v) is 4.28. The highest BCUT2D eigenvalue weighted by atomic mass is 16.5. The molecular weight excluding hydrogens is 258 g/mol. The minimum atomic E-state index is 0. The lowest BCUT2D eigenvalue weighted by molar-refractivity contribution is 0.0882. The zero-order chi connectivity index (χ0) is 15.3. The Morgan fingerprint density at radius 3 is 2.48 bits per heavy atom. The van der Waals surface area contributed by atoms with Gasteiger partial charge in [-0.3, -0.25) is 0 Å². The highest BCUT2D eigenvalue weighted by Crippen LogP contribution is 2.22. The Labute approximate surface area is 133 Å². The van der Waals surface area contributed by atoms with E-state index in [-0.39, 0.29) is 7.53 Å². The fourth-order valence-corrected chi connectivity index (χ4v) is 3.01. The summed E-state index contributed by atoms with van der Waals surface area (Å²) in [5.74, 6) is 0. The molecule has 2 nitrogen and oxygen atoms in total. The molecule has 0 amide bonds. The summed E-state index contributed by atoms with van der Waals surface area (Å²) in [6.45, 7) is 5.60. The molecule has 0 spiro atoms. The van der Waals surface area contributed by atoms with Gasteiger partial charge in [0.15, 0.2) is 0 Å². The molecule has 0 saturated carbocycles. The molecule has 1 aliphatic carbocycles. The molecule has 2 rings (SSSR count). The first-order chi connectivity index (χ1) is 10.3. The third-order valence-electron chi connectivity index (χ3n) is 4.28. The van der Waals surface area contributed by atoms with Gasteiger partial charge in [0, 0.05) is 14.6 Å². The van der Waals surface area contributed by atoms with E-state index in [0.717, 1.165) is 6.54 Å². The number of ether oxygens (including phenoxy) is 1. The van der Waals surface area contributed by atoms with Crippen LogP contribution in [0.1, 0.15) is 73.1 Å². The van der Waals surface area contributed by atoms with Gasteiger partial charge in [-0.1, -0.05) is 64.2 Å². The standard InChI is InChI=1S/C13H21NO.C6H14.H2/c1-15-13(11-7-3-2-4-8-11)12-9-5-6-10-14-12;1-3-5-6-4-2;/h3,7-8,12-14H,2,4-6,9-10H2,1H3;3-6H2,1-2H3;1H. The van der Waals surface area contributed by atoms with Crippen molar-refractivity contribution in [1.82, 2.24) is 5.32 Å². The van der Waals surface area contributed by atoms with Crippen LogP contribution in [0, 0.1) is 0 Å². The fourth-order valence-electron chi connectivity index (χ4n) is 3.01. The smallest absolute Gasteiger partial charge is 0.0970 e. The highest BCUT2D eigenvalue weighted by Gasteiger charge is 2.25.